The van der Waals surface area contributed by atoms with Crippen LogP contribution in [0.1, 0.15) is 27.5 Å². The molecule has 0 fully saturated rings. The Morgan fingerprint density at radius 2 is 2.22 bits per heavy atom. The maximum Gasteiger partial charge on any atom is 0.166 e. The second-order valence-electron chi connectivity index (χ2n) is 4.49. The third-order valence-corrected chi connectivity index (χ3v) is 4.10. The van der Waals surface area contributed by atoms with Gasteiger partial charge in [-0.3, -0.25) is 4.79 Å². The molecule has 18 heavy (non-hydrogen) atoms. The molecule has 0 N–H and O–H groups in total. The van der Waals surface area contributed by atoms with E-state index in [1.54, 1.807) is 11.3 Å². The van der Waals surface area contributed by atoms with Crippen molar-refractivity contribution in [2.75, 3.05) is 11.4 Å². The summed E-state index contributed by atoms with van der Waals surface area (Å²) >= 11 is 1.68. The molecule has 2 aromatic rings. The first-order chi connectivity index (χ1) is 8.74. The molecule has 1 aromatic carbocycles. The topological polar surface area (TPSA) is 33.2 Å². The zero-order valence-electron chi connectivity index (χ0n) is 10.2. The number of hydrogen-bond acceptors (Lipinski definition) is 4. The van der Waals surface area contributed by atoms with Crippen molar-refractivity contribution >= 4 is 22.8 Å². The van der Waals surface area contributed by atoms with Gasteiger partial charge in [-0.05, 0) is 19.1 Å². The quantitative estimate of drug-likeness (QED) is 0.830. The Bertz CT molecular complexity index is 591. The minimum Gasteiger partial charge on any atom is -0.364 e. The fourth-order valence-corrected chi connectivity index (χ4v) is 3.07. The number of benzene rings is 1. The number of nitrogens with zero attached hydrogens (tertiary/aromatic N) is 2. The molecule has 2 heterocycles. The SMILES string of the molecule is Cc1csc(CN2CCC(=O)c3ccccc32)n1. The lowest BCUT2D eigenvalue weighted by Crippen LogP contribution is -2.31. The number of Topliss-reactive ketones (excluding diaryl/α,β-unsaturated/α-hetero) is 1. The Labute approximate surface area is 110 Å². The number of para-hydroxylation sites is 1. The summed E-state index contributed by atoms with van der Waals surface area (Å²) in [6.07, 6.45) is 0.599. The molecule has 92 valence electrons. The molecule has 0 radical (unpaired) electrons. The van der Waals surface area contributed by atoms with E-state index in [0.717, 1.165) is 35.0 Å². The average molecular weight is 258 g/mol. The average Bonchev–Trinajstić information content (AvgIpc) is 2.79. The van der Waals surface area contributed by atoms with Crippen LogP contribution in [0.15, 0.2) is 29.6 Å². The van der Waals surface area contributed by atoms with Crippen molar-refractivity contribution < 1.29 is 4.79 Å². The van der Waals surface area contributed by atoms with E-state index in [1.165, 1.54) is 0 Å². The van der Waals surface area contributed by atoms with Gasteiger partial charge in [-0.15, -0.1) is 11.3 Å². The van der Waals surface area contributed by atoms with Gasteiger partial charge in [0.15, 0.2) is 5.78 Å². The van der Waals surface area contributed by atoms with Gasteiger partial charge >= 0.3 is 0 Å². The van der Waals surface area contributed by atoms with E-state index < -0.39 is 0 Å². The molecule has 0 amide bonds. The number of anilines is 1. The third kappa shape index (κ3) is 2.04. The zero-order chi connectivity index (χ0) is 12.5. The first kappa shape index (κ1) is 11.4. The summed E-state index contributed by atoms with van der Waals surface area (Å²) in [6, 6.07) is 7.84. The van der Waals surface area contributed by atoms with E-state index in [-0.39, 0.29) is 5.78 Å². The van der Waals surface area contributed by atoms with Crippen LogP contribution < -0.4 is 4.90 Å². The summed E-state index contributed by atoms with van der Waals surface area (Å²) in [7, 11) is 0. The number of thiazole rings is 1. The fourth-order valence-electron chi connectivity index (χ4n) is 2.28. The summed E-state index contributed by atoms with van der Waals surface area (Å²) in [4.78, 5) is 18.6. The van der Waals surface area contributed by atoms with Gasteiger partial charge in [0.25, 0.3) is 0 Å². The van der Waals surface area contributed by atoms with Crippen molar-refractivity contribution in [2.45, 2.75) is 19.9 Å². The second-order valence-corrected chi connectivity index (χ2v) is 5.44. The summed E-state index contributed by atoms with van der Waals surface area (Å²) < 4.78 is 0. The van der Waals surface area contributed by atoms with Gasteiger partial charge in [0.2, 0.25) is 0 Å². The lowest BCUT2D eigenvalue weighted by atomic mass is 10.0. The highest BCUT2D eigenvalue weighted by atomic mass is 32.1. The van der Waals surface area contributed by atoms with Crippen molar-refractivity contribution in [1.29, 1.82) is 0 Å². The number of aromatic nitrogens is 1. The largest absolute Gasteiger partial charge is 0.364 e. The number of aryl methyl sites for hydroxylation is 1. The van der Waals surface area contributed by atoms with Gasteiger partial charge in [0, 0.05) is 35.3 Å². The molecule has 4 heteroatoms. The highest BCUT2D eigenvalue weighted by Gasteiger charge is 2.22. The van der Waals surface area contributed by atoms with Gasteiger partial charge in [-0.25, -0.2) is 4.98 Å². The summed E-state index contributed by atoms with van der Waals surface area (Å²) in [5.74, 6) is 0.247. The van der Waals surface area contributed by atoms with Crippen LogP contribution in [-0.4, -0.2) is 17.3 Å². The maximum absolute atomic E-state index is 11.8. The molecule has 0 atom stereocenters. The Kier molecular flexibility index (Phi) is 2.88. The normalized spacial score (nSPS) is 14.7. The van der Waals surface area contributed by atoms with E-state index >= 15 is 0 Å². The Morgan fingerprint density at radius 1 is 1.39 bits per heavy atom. The number of fused-ring (bicyclic) bond motifs is 1. The van der Waals surface area contributed by atoms with Crippen LogP contribution in [0.25, 0.3) is 0 Å². The van der Waals surface area contributed by atoms with Crippen molar-refractivity contribution in [1.82, 2.24) is 4.98 Å². The van der Waals surface area contributed by atoms with Gasteiger partial charge in [0.1, 0.15) is 5.01 Å². The van der Waals surface area contributed by atoms with E-state index in [2.05, 4.69) is 15.3 Å². The molecule has 1 aliphatic heterocycles. The molecule has 0 unspecified atom stereocenters. The highest BCUT2D eigenvalue weighted by Crippen LogP contribution is 2.28. The molecule has 0 aliphatic carbocycles. The van der Waals surface area contributed by atoms with E-state index in [4.69, 9.17) is 0 Å². The molecular weight excluding hydrogens is 244 g/mol. The Hall–Kier alpha value is -1.68. The minimum atomic E-state index is 0.247. The van der Waals surface area contributed by atoms with Crippen molar-refractivity contribution in [2.24, 2.45) is 0 Å². The standard InChI is InChI=1S/C14H14N2OS/c1-10-9-18-14(15-10)8-16-7-6-13(17)11-4-2-3-5-12(11)16/h2-5,9H,6-8H2,1H3. The van der Waals surface area contributed by atoms with E-state index in [1.807, 2.05) is 31.2 Å². The van der Waals surface area contributed by atoms with Crippen LogP contribution in [0.4, 0.5) is 5.69 Å². The van der Waals surface area contributed by atoms with Crippen LogP contribution >= 0.6 is 11.3 Å². The molecule has 0 saturated heterocycles. The van der Waals surface area contributed by atoms with Crippen molar-refractivity contribution in [3.63, 3.8) is 0 Å². The maximum atomic E-state index is 11.8. The first-order valence-corrected chi connectivity index (χ1v) is 6.90. The van der Waals surface area contributed by atoms with E-state index in [9.17, 15) is 4.79 Å². The summed E-state index contributed by atoms with van der Waals surface area (Å²) in [5, 5.41) is 3.17. The molecule has 0 spiro atoms. The molecule has 0 bridgehead atoms. The molecule has 3 nitrogen and oxygen atoms in total. The predicted molar refractivity (Wildman–Crippen MR) is 73.3 cm³/mol. The predicted octanol–water partition coefficient (Wildman–Crippen LogP) is 3.04. The first-order valence-electron chi connectivity index (χ1n) is 6.02. The number of rotatable bonds is 2. The Balaban J connectivity index is 1.90. The molecular formula is C14H14N2OS. The van der Waals surface area contributed by atoms with Gasteiger partial charge in [-0.1, -0.05) is 12.1 Å². The lowest BCUT2D eigenvalue weighted by molar-refractivity contribution is 0.0979. The van der Waals surface area contributed by atoms with Crippen LogP contribution in [-0.2, 0) is 6.54 Å². The van der Waals surface area contributed by atoms with Crippen LogP contribution in [0.3, 0.4) is 0 Å². The van der Waals surface area contributed by atoms with Crippen LogP contribution in [0.5, 0.6) is 0 Å². The highest BCUT2D eigenvalue weighted by molar-refractivity contribution is 7.09. The molecule has 1 aliphatic rings. The number of carbonyl (C=O) groups is 1. The minimum absolute atomic E-state index is 0.247. The second kappa shape index (κ2) is 4.53. The van der Waals surface area contributed by atoms with E-state index in [0.29, 0.717) is 6.42 Å². The monoisotopic (exact) mass is 258 g/mol. The summed E-state index contributed by atoms with van der Waals surface area (Å²) in [5.41, 5.74) is 2.95. The third-order valence-electron chi connectivity index (χ3n) is 3.15. The van der Waals surface area contributed by atoms with Crippen LogP contribution in [0.2, 0.25) is 0 Å². The number of carbonyl (C=O) groups excluding carboxylic acids is 1. The molecule has 3 rings (SSSR count). The van der Waals surface area contributed by atoms with Crippen molar-refractivity contribution in [3.05, 3.63) is 45.9 Å². The smallest absolute Gasteiger partial charge is 0.166 e. The Morgan fingerprint density at radius 3 is 3.00 bits per heavy atom. The fraction of sp³-hybridized carbons (Fsp3) is 0.286. The van der Waals surface area contributed by atoms with Gasteiger partial charge in [-0.2, -0.15) is 0 Å². The molecule has 1 aromatic heterocycles. The number of hydrogen-bond donors (Lipinski definition) is 0. The van der Waals surface area contributed by atoms with Gasteiger partial charge < -0.3 is 4.90 Å². The van der Waals surface area contributed by atoms with Gasteiger partial charge in [0.05, 0.1) is 6.54 Å². The lowest BCUT2D eigenvalue weighted by Gasteiger charge is -2.29. The number of ketones is 1. The summed E-state index contributed by atoms with van der Waals surface area (Å²) in [6.45, 7) is 3.59. The zero-order valence-corrected chi connectivity index (χ0v) is 11.0. The molecule has 0 saturated carbocycles. The van der Waals surface area contributed by atoms with Crippen molar-refractivity contribution in [3.8, 4) is 0 Å². The van der Waals surface area contributed by atoms with Crippen LogP contribution in [0, 0.1) is 6.92 Å².